The smallest absolute Gasteiger partial charge is 0.255 e. The molecule has 0 aliphatic heterocycles. The van der Waals surface area contributed by atoms with Crippen molar-refractivity contribution >= 4 is 45.8 Å². The van der Waals surface area contributed by atoms with E-state index in [0.717, 1.165) is 9.13 Å². The fourth-order valence-corrected chi connectivity index (χ4v) is 3.30. The molecule has 0 bridgehead atoms. The van der Waals surface area contributed by atoms with Gasteiger partial charge in [-0.1, -0.05) is 41.4 Å². The van der Waals surface area contributed by atoms with Gasteiger partial charge in [0.2, 0.25) is 0 Å². The van der Waals surface area contributed by atoms with Crippen LogP contribution in [0.3, 0.4) is 0 Å². The van der Waals surface area contributed by atoms with Crippen molar-refractivity contribution in [3.8, 4) is 11.5 Å². The second-order valence-electron chi connectivity index (χ2n) is 6.45. The normalized spacial score (nSPS) is 10.5. The number of anilines is 1. The molecule has 0 saturated heterocycles. The summed E-state index contributed by atoms with van der Waals surface area (Å²) in [6.07, 6.45) is 0. The average molecular weight is 522 g/mol. The van der Waals surface area contributed by atoms with Gasteiger partial charge in [0.05, 0.1) is 11.6 Å². The minimum Gasteiger partial charge on any atom is -0.490 e. The van der Waals surface area contributed by atoms with E-state index in [1.807, 2.05) is 62.4 Å². The van der Waals surface area contributed by atoms with Crippen molar-refractivity contribution < 1.29 is 14.3 Å². The fourth-order valence-electron chi connectivity index (χ4n) is 2.68. The van der Waals surface area contributed by atoms with Gasteiger partial charge in [-0.15, -0.1) is 0 Å². The maximum Gasteiger partial charge on any atom is 0.255 e. The lowest BCUT2D eigenvalue weighted by atomic mass is 10.1. The van der Waals surface area contributed by atoms with E-state index < -0.39 is 0 Å². The molecule has 0 radical (unpaired) electrons. The molecule has 0 aliphatic rings. The van der Waals surface area contributed by atoms with Gasteiger partial charge in [-0.3, -0.25) is 4.79 Å². The van der Waals surface area contributed by atoms with E-state index in [1.165, 1.54) is 5.56 Å². The van der Waals surface area contributed by atoms with Gasteiger partial charge < -0.3 is 14.8 Å². The highest BCUT2D eigenvalue weighted by atomic mass is 127. The summed E-state index contributed by atoms with van der Waals surface area (Å²) < 4.78 is 12.7. The molecule has 0 fully saturated rings. The van der Waals surface area contributed by atoms with Crippen molar-refractivity contribution in [2.75, 3.05) is 11.9 Å². The zero-order valence-electron chi connectivity index (χ0n) is 16.2. The summed E-state index contributed by atoms with van der Waals surface area (Å²) in [5, 5.41) is 3.20. The van der Waals surface area contributed by atoms with Crippen LogP contribution in [0, 0.1) is 10.5 Å². The molecule has 0 atom stereocenters. The lowest BCUT2D eigenvalue weighted by molar-refractivity contribution is 0.102. The number of ether oxygens (including phenoxy) is 2. The number of nitrogens with one attached hydrogen (secondary N) is 1. The summed E-state index contributed by atoms with van der Waals surface area (Å²) in [7, 11) is 0. The van der Waals surface area contributed by atoms with E-state index >= 15 is 0 Å². The molecule has 29 heavy (non-hydrogen) atoms. The third-order valence-corrected chi connectivity index (χ3v) is 5.18. The Morgan fingerprint density at radius 1 is 1.03 bits per heavy atom. The van der Waals surface area contributed by atoms with Crippen LogP contribution in [0.1, 0.15) is 28.4 Å². The van der Waals surface area contributed by atoms with Crippen molar-refractivity contribution in [3.63, 3.8) is 0 Å². The first-order valence-electron chi connectivity index (χ1n) is 9.18. The minimum absolute atomic E-state index is 0.265. The summed E-state index contributed by atoms with van der Waals surface area (Å²) in [5.74, 6) is 0.610. The van der Waals surface area contributed by atoms with E-state index in [-0.39, 0.29) is 5.91 Å². The highest BCUT2D eigenvalue weighted by Crippen LogP contribution is 2.37. The van der Waals surface area contributed by atoms with Gasteiger partial charge in [-0.05, 0) is 78.4 Å². The Hall–Kier alpha value is -2.25. The van der Waals surface area contributed by atoms with Crippen molar-refractivity contribution in [1.29, 1.82) is 0 Å². The lowest BCUT2D eigenvalue weighted by Crippen LogP contribution is -2.12. The van der Waals surface area contributed by atoms with Crippen LogP contribution in [0.15, 0.2) is 60.7 Å². The predicted octanol–water partition coefficient (Wildman–Crippen LogP) is 6.48. The Kier molecular flexibility index (Phi) is 7.39. The maximum absolute atomic E-state index is 12.7. The number of halogens is 2. The largest absolute Gasteiger partial charge is 0.490 e. The van der Waals surface area contributed by atoms with Gasteiger partial charge in [0.1, 0.15) is 6.61 Å². The first kappa shape index (κ1) is 21.5. The zero-order valence-corrected chi connectivity index (χ0v) is 19.1. The number of amides is 1. The first-order chi connectivity index (χ1) is 14.0. The molecule has 0 aromatic heterocycles. The number of carbonyl (C=O) groups excluding carboxylic acids is 1. The highest BCUT2D eigenvalue weighted by Gasteiger charge is 2.17. The quantitative estimate of drug-likeness (QED) is 0.362. The van der Waals surface area contributed by atoms with Gasteiger partial charge in [0.25, 0.3) is 5.91 Å². The number of carbonyl (C=O) groups is 1. The van der Waals surface area contributed by atoms with Gasteiger partial charge >= 0.3 is 0 Å². The number of hydrogen-bond donors (Lipinski definition) is 1. The van der Waals surface area contributed by atoms with Crippen molar-refractivity contribution in [2.45, 2.75) is 20.5 Å². The summed E-state index contributed by atoms with van der Waals surface area (Å²) in [6.45, 7) is 4.69. The molecule has 6 heteroatoms. The Labute approximate surface area is 189 Å². The third-order valence-electron chi connectivity index (χ3n) is 4.18. The zero-order chi connectivity index (χ0) is 20.8. The standard InChI is InChI=1S/C23H21ClINO3/c1-3-28-21-13-17(23(27)26-19-10-8-18(25)9-11-19)12-20(24)22(21)29-14-16-6-4-15(2)5-7-16/h4-13H,3,14H2,1-2H3,(H,26,27). The lowest BCUT2D eigenvalue weighted by Gasteiger charge is -2.15. The molecule has 4 nitrogen and oxygen atoms in total. The molecular weight excluding hydrogens is 501 g/mol. The fraction of sp³-hybridized carbons (Fsp3) is 0.174. The van der Waals surface area contributed by atoms with E-state index in [0.29, 0.717) is 41.0 Å². The van der Waals surface area contributed by atoms with Crippen LogP contribution in [0.25, 0.3) is 0 Å². The van der Waals surface area contributed by atoms with E-state index in [1.54, 1.807) is 12.1 Å². The predicted molar refractivity (Wildman–Crippen MR) is 125 cm³/mol. The molecule has 3 aromatic carbocycles. The molecule has 0 spiro atoms. The summed E-state index contributed by atoms with van der Waals surface area (Å²) in [5.41, 5.74) is 3.32. The monoisotopic (exact) mass is 521 g/mol. The SMILES string of the molecule is CCOc1cc(C(=O)Nc2ccc(I)cc2)cc(Cl)c1OCc1ccc(C)cc1. The number of aryl methyl sites for hydroxylation is 1. The van der Waals surface area contributed by atoms with Crippen LogP contribution in [0.4, 0.5) is 5.69 Å². The topological polar surface area (TPSA) is 47.6 Å². The van der Waals surface area contributed by atoms with Gasteiger partial charge in [0.15, 0.2) is 11.5 Å². The van der Waals surface area contributed by atoms with Crippen LogP contribution < -0.4 is 14.8 Å². The van der Waals surface area contributed by atoms with Crippen LogP contribution in [0.2, 0.25) is 5.02 Å². The van der Waals surface area contributed by atoms with Crippen LogP contribution in [0.5, 0.6) is 11.5 Å². The van der Waals surface area contributed by atoms with Crippen molar-refractivity contribution in [1.82, 2.24) is 0 Å². The number of benzene rings is 3. The minimum atomic E-state index is -0.265. The van der Waals surface area contributed by atoms with E-state index in [4.69, 9.17) is 21.1 Å². The Bertz CT molecular complexity index is 988. The molecule has 1 N–H and O–H groups in total. The molecule has 3 aromatic rings. The maximum atomic E-state index is 12.7. The Balaban J connectivity index is 1.80. The molecule has 0 heterocycles. The van der Waals surface area contributed by atoms with Gasteiger partial charge in [-0.25, -0.2) is 0 Å². The van der Waals surface area contributed by atoms with Crippen molar-refractivity contribution in [3.05, 3.63) is 85.9 Å². The van der Waals surface area contributed by atoms with Crippen LogP contribution >= 0.6 is 34.2 Å². The molecule has 1 amide bonds. The van der Waals surface area contributed by atoms with Gasteiger partial charge in [0, 0.05) is 14.8 Å². The molecule has 3 rings (SSSR count). The summed E-state index contributed by atoms with van der Waals surface area (Å²) >= 11 is 8.66. The molecule has 0 aliphatic carbocycles. The van der Waals surface area contributed by atoms with E-state index in [9.17, 15) is 4.79 Å². The first-order valence-corrected chi connectivity index (χ1v) is 10.6. The molecule has 0 saturated carbocycles. The summed E-state index contributed by atoms with van der Waals surface area (Å²) in [6, 6.07) is 18.9. The second-order valence-corrected chi connectivity index (χ2v) is 8.11. The van der Waals surface area contributed by atoms with Crippen LogP contribution in [-0.4, -0.2) is 12.5 Å². The van der Waals surface area contributed by atoms with Gasteiger partial charge in [-0.2, -0.15) is 0 Å². The Morgan fingerprint density at radius 2 is 1.72 bits per heavy atom. The van der Waals surface area contributed by atoms with Crippen LogP contribution in [-0.2, 0) is 6.61 Å². The van der Waals surface area contributed by atoms with E-state index in [2.05, 4.69) is 27.9 Å². The van der Waals surface area contributed by atoms with Crippen molar-refractivity contribution in [2.24, 2.45) is 0 Å². The number of rotatable bonds is 7. The highest BCUT2D eigenvalue weighted by molar-refractivity contribution is 14.1. The number of hydrogen-bond acceptors (Lipinski definition) is 3. The molecular formula is C23H21ClINO3. The second kappa shape index (κ2) is 9.98. The molecule has 0 unspecified atom stereocenters. The molecule has 150 valence electrons. The third kappa shape index (κ3) is 5.87. The average Bonchev–Trinajstić information content (AvgIpc) is 2.70. The Morgan fingerprint density at radius 3 is 2.38 bits per heavy atom. The summed E-state index contributed by atoms with van der Waals surface area (Å²) in [4.78, 5) is 12.7.